The first kappa shape index (κ1) is 17.2. The maximum absolute atomic E-state index is 4.66. The fraction of sp³-hybridized carbons (Fsp3) is 0.812. The third-order valence-corrected chi connectivity index (χ3v) is 4.60. The van der Waals surface area contributed by atoms with Gasteiger partial charge in [0.25, 0.3) is 0 Å². The zero-order chi connectivity index (χ0) is 15.2. The van der Waals surface area contributed by atoms with E-state index < -0.39 is 0 Å². The fourth-order valence-corrected chi connectivity index (χ4v) is 3.21. The largest absolute Gasteiger partial charge is 0.334 e. The molecule has 4 nitrogen and oxygen atoms in total. The molecule has 1 aromatic rings. The van der Waals surface area contributed by atoms with Crippen LogP contribution in [0.2, 0.25) is 0 Å². The Labute approximate surface area is 124 Å². The maximum atomic E-state index is 4.66. The van der Waals surface area contributed by atoms with E-state index in [2.05, 4.69) is 67.8 Å². The Bertz CT molecular complexity index is 380. The molecule has 20 heavy (non-hydrogen) atoms. The highest BCUT2D eigenvalue weighted by molar-refractivity contribution is 5.10. The van der Waals surface area contributed by atoms with Crippen LogP contribution >= 0.6 is 0 Å². The quantitative estimate of drug-likeness (QED) is 0.754. The molecular formula is C16H32N4. The second kappa shape index (κ2) is 7.79. The molecule has 1 atom stereocenters. The number of likely N-dealkylation sites (N-methyl/N-ethyl adjacent to an activating group) is 1. The Hall–Kier alpha value is -0.870. The molecule has 4 heteroatoms. The van der Waals surface area contributed by atoms with Gasteiger partial charge in [-0.25, -0.2) is 4.98 Å². The molecule has 0 aromatic carbocycles. The van der Waals surface area contributed by atoms with E-state index in [1.807, 2.05) is 6.20 Å². The predicted octanol–water partition coefficient (Wildman–Crippen LogP) is 3.06. The Morgan fingerprint density at radius 3 is 2.35 bits per heavy atom. The zero-order valence-electron chi connectivity index (χ0n) is 14.1. The van der Waals surface area contributed by atoms with Crippen LogP contribution in [-0.2, 0) is 6.54 Å². The van der Waals surface area contributed by atoms with Crippen LogP contribution in [0.5, 0.6) is 0 Å². The lowest BCUT2D eigenvalue weighted by Gasteiger charge is -2.45. The van der Waals surface area contributed by atoms with E-state index in [0.717, 1.165) is 32.4 Å². The zero-order valence-corrected chi connectivity index (χ0v) is 14.1. The van der Waals surface area contributed by atoms with Gasteiger partial charge in [0.15, 0.2) is 0 Å². The minimum absolute atomic E-state index is 0.105. The minimum Gasteiger partial charge on any atom is -0.334 e. The SMILES string of the molecule is CCCNC(c1nccn1CC)C(CC)(CC)N(C)C. The average molecular weight is 280 g/mol. The maximum Gasteiger partial charge on any atom is 0.127 e. The number of imidazole rings is 1. The second-order valence-electron chi connectivity index (χ2n) is 5.66. The topological polar surface area (TPSA) is 33.1 Å². The molecule has 0 aliphatic carbocycles. The van der Waals surface area contributed by atoms with Gasteiger partial charge in [0.1, 0.15) is 5.82 Å². The van der Waals surface area contributed by atoms with Crippen molar-refractivity contribution in [1.82, 2.24) is 19.8 Å². The normalized spacial score (nSPS) is 13.9. The van der Waals surface area contributed by atoms with Crippen LogP contribution in [0, 0.1) is 0 Å². The third kappa shape index (κ3) is 3.23. The van der Waals surface area contributed by atoms with Gasteiger partial charge in [0, 0.05) is 24.5 Å². The second-order valence-corrected chi connectivity index (χ2v) is 5.66. The van der Waals surface area contributed by atoms with Gasteiger partial charge in [-0.05, 0) is 46.8 Å². The summed E-state index contributed by atoms with van der Waals surface area (Å²) in [6.07, 6.45) is 7.36. The number of hydrogen-bond donors (Lipinski definition) is 1. The van der Waals surface area contributed by atoms with Crippen molar-refractivity contribution in [3.63, 3.8) is 0 Å². The third-order valence-electron chi connectivity index (χ3n) is 4.60. The molecule has 0 fully saturated rings. The van der Waals surface area contributed by atoms with Gasteiger partial charge in [0.05, 0.1) is 6.04 Å². The molecule has 1 rings (SSSR count). The van der Waals surface area contributed by atoms with Gasteiger partial charge < -0.3 is 14.8 Å². The summed E-state index contributed by atoms with van der Waals surface area (Å²) in [4.78, 5) is 7.03. The summed E-state index contributed by atoms with van der Waals surface area (Å²) in [5.41, 5.74) is 0.105. The van der Waals surface area contributed by atoms with E-state index in [1.165, 1.54) is 5.82 Å². The van der Waals surface area contributed by atoms with E-state index in [-0.39, 0.29) is 11.6 Å². The number of nitrogens with one attached hydrogen (secondary N) is 1. The van der Waals surface area contributed by atoms with Crippen LogP contribution in [0.25, 0.3) is 0 Å². The number of aromatic nitrogens is 2. The van der Waals surface area contributed by atoms with Crippen molar-refractivity contribution in [3.05, 3.63) is 18.2 Å². The molecule has 0 saturated heterocycles. The smallest absolute Gasteiger partial charge is 0.127 e. The Morgan fingerprint density at radius 1 is 1.25 bits per heavy atom. The van der Waals surface area contributed by atoms with Crippen molar-refractivity contribution in [2.24, 2.45) is 0 Å². The van der Waals surface area contributed by atoms with Crippen LogP contribution in [0.15, 0.2) is 12.4 Å². The number of nitrogens with zero attached hydrogens (tertiary/aromatic N) is 3. The summed E-state index contributed by atoms with van der Waals surface area (Å²) >= 11 is 0. The van der Waals surface area contributed by atoms with Crippen LogP contribution in [0.4, 0.5) is 0 Å². The molecule has 1 heterocycles. The highest BCUT2D eigenvalue weighted by Crippen LogP contribution is 2.35. The first-order chi connectivity index (χ1) is 9.57. The lowest BCUT2D eigenvalue weighted by atomic mass is 9.82. The molecule has 1 aromatic heterocycles. The molecule has 1 unspecified atom stereocenters. The van der Waals surface area contributed by atoms with Crippen LogP contribution < -0.4 is 5.32 Å². The minimum atomic E-state index is 0.105. The lowest BCUT2D eigenvalue weighted by molar-refractivity contribution is 0.0826. The number of hydrogen-bond acceptors (Lipinski definition) is 3. The predicted molar refractivity (Wildman–Crippen MR) is 85.9 cm³/mol. The van der Waals surface area contributed by atoms with Crippen molar-refractivity contribution in [2.45, 2.75) is 65.1 Å². The van der Waals surface area contributed by atoms with Crippen molar-refractivity contribution >= 4 is 0 Å². The molecular weight excluding hydrogens is 248 g/mol. The van der Waals surface area contributed by atoms with Crippen LogP contribution in [-0.4, -0.2) is 40.6 Å². The highest BCUT2D eigenvalue weighted by Gasteiger charge is 2.40. The van der Waals surface area contributed by atoms with Gasteiger partial charge in [-0.1, -0.05) is 20.8 Å². The number of aryl methyl sites for hydroxylation is 1. The van der Waals surface area contributed by atoms with E-state index in [9.17, 15) is 0 Å². The van der Waals surface area contributed by atoms with Crippen molar-refractivity contribution in [3.8, 4) is 0 Å². The molecule has 0 radical (unpaired) electrons. The molecule has 0 aliphatic heterocycles. The van der Waals surface area contributed by atoms with Crippen molar-refractivity contribution in [1.29, 1.82) is 0 Å². The summed E-state index contributed by atoms with van der Waals surface area (Å²) in [5, 5.41) is 3.75. The summed E-state index contributed by atoms with van der Waals surface area (Å²) in [5.74, 6) is 1.17. The Morgan fingerprint density at radius 2 is 1.90 bits per heavy atom. The molecule has 0 amide bonds. The summed E-state index contributed by atoms with van der Waals surface area (Å²) in [7, 11) is 4.37. The van der Waals surface area contributed by atoms with Gasteiger partial charge in [-0.2, -0.15) is 0 Å². The molecule has 0 aliphatic rings. The molecule has 0 bridgehead atoms. The van der Waals surface area contributed by atoms with E-state index >= 15 is 0 Å². The van der Waals surface area contributed by atoms with Crippen molar-refractivity contribution in [2.75, 3.05) is 20.6 Å². The molecule has 1 N–H and O–H groups in total. The van der Waals surface area contributed by atoms with Gasteiger partial charge in [-0.15, -0.1) is 0 Å². The van der Waals surface area contributed by atoms with E-state index in [1.54, 1.807) is 0 Å². The van der Waals surface area contributed by atoms with Crippen molar-refractivity contribution < 1.29 is 0 Å². The summed E-state index contributed by atoms with van der Waals surface area (Å²) < 4.78 is 2.26. The van der Waals surface area contributed by atoms with Crippen LogP contribution in [0.1, 0.15) is 58.8 Å². The van der Waals surface area contributed by atoms with Gasteiger partial charge >= 0.3 is 0 Å². The van der Waals surface area contributed by atoms with E-state index in [4.69, 9.17) is 0 Å². The number of rotatable bonds is 9. The Balaban J connectivity index is 3.22. The molecule has 116 valence electrons. The first-order valence-corrected chi connectivity index (χ1v) is 7.99. The average Bonchev–Trinajstić information content (AvgIpc) is 2.91. The fourth-order valence-electron chi connectivity index (χ4n) is 3.21. The van der Waals surface area contributed by atoms with E-state index in [0.29, 0.717) is 0 Å². The monoisotopic (exact) mass is 280 g/mol. The van der Waals surface area contributed by atoms with Gasteiger partial charge in [-0.3, -0.25) is 0 Å². The lowest BCUT2D eigenvalue weighted by Crippen LogP contribution is -2.54. The molecule has 0 spiro atoms. The highest BCUT2D eigenvalue weighted by atomic mass is 15.2. The first-order valence-electron chi connectivity index (χ1n) is 7.99. The summed E-state index contributed by atoms with van der Waals surface area (Å²) in [6, 6.07) is 0.266. The van der Waals surface area contributed by atoms with Crippen LogP contribution in [0.3, 0.4) is 0 Å². The summed E-state index contributed by atoms with van der Waals surface area (Å²) in [6.45, 7) is 10.9. The Kier molecular flexibility index (Phi) is 6.69. The standard InChI is InChI=1S/C16H32N4/c1-7-11-17-14(15-18-12-13-20(15)10-4)16(8-2,9-3)19(5)6/h12-14,17H,7-11H2,1-6H3. The van der Waals surface area contributed by atoms with Gasteiger partial charge in [0.2, 0.25) is 0 Å². The molecule has 0 saturated carbocycles.